The van der Waals surface area contributed by atoms with Crippen LogP contribution in [0.5, 0.6) is 0 Å². The van der Waals surface area contributed by atoms with Crippen LogP contribution in [0.1, 0.15) is 49.7 Å². The number of aryl methyl sites for hydroxylation is 1. The molecule has 0 saturated heterocycles. The van der Waals surface area contributed by atoms with Gasteiger partial charge < -0.3 is 21.3 Å². The van der Waals surface area contributed by atoms with Gasteiger partial charge in [-0.05, 0) is 56.1 Å². The normalized spacial score (nSPS) is 13.5. The van der Waals surface area contributed by atoms with Gasteiger partial charge in [0.15, 0.2) is 0 Å². The summed E-state index contributed by atoms with van der Waals surface area (Å²) in [6, 6.07) is 17.4. The summed E-state index contributed by atoms with van der Waals surface area (Å²) in [6.07, 6.45) is 3.93. The number of hydrazine groups is 1. The molecule has 9 heteroatoms. The number of aliphatic carboxylic acids is 2. The third-order valence-corrected chi connectivity index (χ3v) is 5.92. The quantitative estimate of drug-likeness (QED) is 0.135. The molecule has 1 amide bonds. The van der Waals surface area contributed by atoms with Crippen molar-refractivity contribution < 1.29 is 24.6 Å². The summed E-state index contributed by atoms with van der Waals surface area (Å²) >= 11 is 0. The molecule has 0 bridgehead atoms. The number of unbranched alkanes of at least 4 members (excludes halogenated alkanes) is 1. The highest BCUT2D eigenvalue weighted by molar-refractivity contribution is 5.76. The number of carbonyl (C=O) groups excluding carboxylic acids is 1. The van der Waals surface area contributed by atoms with Gasteiger partial charge in [0.2, 0.25) is 5.91 Å². The van der Waals surface area contributed by atoms with E-state index in [4.69, 9.17) is 5.73 Å². The number of carboxylic acids is 2. The van der Waals surface area contributed by atoms with E-state index in [0.29, 0.717) is 51.5 Å². The van der Waals surface area contributed by atoms with Crippen LogP contribution in [0.2, 0.25) is 0 Å². The van der Waals surface area contributed by atoms with Gasteiger partial charge in [0.05, 0.1) is 0 Å². The molecular formula is C27H38N4O5. The van der Waals surface area contributed by atoms with E-state index < -0.39 is 24.0 Å². The van der Waals surface area contributed by atoms with Gasteiger partial charge in [-0.15, -0.1) is 0 Å². The van der Waals surface area contributed by atoms with E-state index in [1.54, 1.807) is 0 Å². The molecule has 1 unspecified atom stereocenters. The van der Waals surface area contributed by atoms with Crippen molar-refractivity contribution in [3.63, 3.8) is 0 Å². The summed E-state index contributed by atoms with van der Waals surface area (Å²) in [4.78, 5) is 35.2. The molecule has 0 saturated carbocycles. The van der Waals surface area contributed by atoms with Crippen LogP contribution in [0.3, 0.4) is 0 Å². The van der Waals surface area contributed by atoms with E-state index in [0.717, 1.165) is 11.1 Å². The first-order valence-corrected chi connectivity index (χ1v) is 12.4. The van der Waals surface area contributed by atoms with Gasteiger partial charge in [-0.3, -0.25) is 14.4 Å². The zero-order valence-electron chi connectivity index (χ0n) is 20.6. The highest BCUT2D eigenvalue weighted by atomic mass is 16.4. The molecule has 2 aromatic carbocycles. The predicted octanol–water partition coefficient (Wildman–Crippen LogP) is 2.26. The Morgan fingerprint density at radius 1 is 0.750 bits per heavy atom. The number of carboxylic acid groups (broad SMARTS) is 2. The van der Waals surface area contributed by atoms with Crippen LogP contribution in [0, 0.1) is 0 Å². The number of hydrogen-bond acceptors (Lipinski definition) is 6. The maximum Gasteiger partial charge on any atom is 0.322 e. The van der Waals surface area contributed by atoms with Gasteiger partial charge in [0, 0.05) is 19.0 Å². The summed E-state index contributed by atoms with van der Waals surface area (Å²) in [5.41, 5.74) is 13.7. The second-order valence-electron chi connectivity index (χ2n) is 8.93. The third kappa shape index (κ3) is 11.9. The average Bonchev–Trinajstić information content (AvgIpc) is 2.86. The minimum absolute atomic E-state index is 0.0387. The first-order chi connectivity index (χ1) is 17.3. The molecule has 9 nitrogen and oxygen atoms in total. The Morgan fingerprint density at radius 3 is 1.89 bits per heavy atom. The maximum atomic E-state index is 12.0. The first-order valence-electron chi connectivity index (χ1n) is 12.4. The monoisotopic (exact) mass is 498 g/mol. The number of hydrogen-bond donors (Lipinski definition) is 6. The minimum Gasteiger partial charge on any atom is -0.480 e. The largest absolute Gasteiger partial charge is 0.480 e. The fraction of sp³-hybridized carbons (Fsp3) is 0.444. The van der Waals surface area contributed by atoms with Gasteiger partial charge in [-0.2, -0.15) is 0 Å². The van der Waals surface area contributed by atoms with Crippen molar-refractivity contribution in [2.75, 3.05) is 6.54 Å². The van der Waals surface area contributed by atoms with Crippen LogP contribution in [0.4, 0.5) is 0 Å². The fourth-order valence-electron chi connectivity index (χ4n) is 3.81. The molecule has 3 atom stereocenters. The predicted molar refractivity (Wildman–Crippen MR) is 138 cm³/mol. The Labute approximate surface area is 212 Å². The number of amides is 1. The Balaban J connectivity index is 1.64. The summed E-state index contributed by atoms with van der Waals surface area (Å²) in [7, 11) is 0. The lowest BCUT2D eigenvalue weighted by Crippen LogP contribution is -2.52. The molecule has 0 heterocycles. The van der Waals surface area contributed by atoms with Crippen LogP contribution in [-0.2, 0) is 27.2 Å². The molecule has 0 fully saturated rings. The van der Waals surface area contributed by atoms with E-state index in [1.165, 1.54) is 0 Å². The smallest absolute Gasteiger partial charge is 0.322 e. The highest BCUT2D eigenvalue weighted by Gasteiger charge is 2.22. The van der Waals surface area contributed by atoms with Gasteiger partial charge in [0.25, 0.3) is 0 Å². The molecular weight excluding hydrogens is 460 g/mol. The molecule has 0 aromatic heterocycles. The average molecular weight is 499 g/mol. The first kappa shape index (κ1) is 29.0. The van der Waals surface area contributed by atoms with Crippen LogP contribution < -0.4 is 21.9 Å². The van der Waals surface area contributed by atoms with E-state index >= 15 is 0 Å². The number of nitrogens with one attached hydrogen (secondary N) is 3. The Hall–Kier alpha value is -3.27. The number of rotatable bonds is 18. The van der Waals surface area contributed by atoms with E-state index in [2.05, 4.69) is 16.2 Å². The SMILES string of the molecule is NC(CC[C@H](NN[C@@H](CCCCNC(=O)CCc1ccccc1)C(=O)O)C(=O)O)Cc1ccccc1. The van der Waals surface area contributed by atoms with Crippen LogP contribution in [0.15, 0.2) is 60.7 Å². The van der Waals surface area contributed by atoms with Crippen LogP contribution in [0.25, 0.3) is 0 Å². The lowest BCUT2D eigenvalue weighted by molar-refractivity contribution is -0.143. The van der Waals surface area contributed by atoms with Crippen molar-refractivity contribution >= 4 is 17.8 Å². The summed E-state index contributed by atoms with van der Waals surface area (Å²) in [6.45, 7) is 0.463. The standard InChI is InChI=1S/C27H38N4O5/c28-22(19-21-11-5-2-6-12-21)15-16-24(27(35)36)31-30-23(26(33)34)13-7-8-18-29-25(32)17-14-20-9-3-1-4-10-20/h1-6,9-12,22-24,30-31H,7-8,13-19,28H2,(H,29,32)(H,33,34)(H,35,36)/t22?,23-,24-/m0/s1. The molecule has 0 aliphatic rings. The second kappa shape index (κ2) is 16.4. The number of carbonyl (C=O) groups is 3. The Bertz CT molecular complexity index is 926. The van der Waals surface area contributed by atoms with E-state index in [1.807, 2.05) is 60.7 Å². The van der Waals surface area contributed by atoms with Crippen molar-refractivity contribution in [1.29, 1.82) is 0 Å². The maximum absolute atomic E-state index is 12.0. The molecule has 196 valence electrons. The molecule has 36 heavy (non-hydrogen) atoms. The van der Waals surface area contributed by atoms with E-state index in [-0.39, 0.29) is 18.4 Å². The second-order valence-corrected chi connectivity index (χ2v) is 8.93. The molecule has 0 aliphatic carbocycles. The van der Waals surface area contributed by atoms with Crippen LogP contribution in [-0.4, -0.2) is 52.7 Å². The zero-order chi connectivity index (χ0) is 26.2. The molecule has 2 rings (SSSR count). The van der Waals surface area contributed by atoms with Gasteiger partial charge in [-0.25, -0.2) is 10.9 Å². The van der Waals surface area contributed by atoms with Crippen molar-refractivity contribution in [3.8, 4) is 0 Å². The van der Waals surface area contributed by atoms with Crippen LogP contribution >= 0.6 is 0 Å². The van der Waals surface area contributed by atoms with Gasteiger partial charge in [-0.1, -0.05) is 60.7 Å². The molecule has 0 radical (unpaired) electrons. The summed E-state index contributed by atoms with van der Waals surface area (Å²) in [5.74, 6) is -2.18. The number of nitrogens with two attached hydrogens (primary N) is 1. The molecule has 0 spiro atoms. The third-order valence-electron chi connectivity index (χ3n) is 5.92. The van der Waals surface area contributed by atoms with Gasteiger partial charge in [0.1, 0.15) is 12.1 Å². The fourth-order valence-corrected chi connectivity index (χ4v) is 3.81. The zero-order valence-corrected chi connectivity index (χ0v) is 20.6. The topological polar surface area (TPSA) is 154 Å². The molecule has 7 N–H and O–H groups in total. The van der Waals surface area contributed by atoms with Crippen molar-refractivity contribution in [1.82, 2.24) is 16.2 Å². The summed E-state index contributed by atoms with van der Waals surface area (Å²) in [5, 5.41) is 21.9. The molecule has 0 aliphatic heterocycles. The lowest BCUT2D eigenvalue weighted by atomic mass is 10.0. The van der Waals surface area contributed by atoms with E-state index in [9.17, 15) is 24.6 Å². The molecule has 2 aromatic rings. The highest BCUT2D eigenvalue weighted by Crippen LogP contribution is 2.08. The Morgan fingerprint density at radius 2 is 1.31 bits per heavy atom. The van der Waals surface area contributed by atoms with Crippen molar-refractivity contribution in [2.24, 2.45) is 5.73 Å². The van der Waals surface area contributed by atoms with Gasteiger partial charge >= 0.3 is 11.9 Å². The van der Waals surface area contributed by atoms with Crippen molar-refractivity contribution in [3.05, 3.63) is 71.8 Å². The summed E-state index contributed by atoms with van der Waals surface area (Å²) < 4.78 is 0. The number of benzene rings is 2. The van der Waals surface area contributed by atoms with Crippen molar-refractivity contribution in [2.45, 2.75) is 69.5 Å². The Kier molecular flexibility index (Phi) is 13.2. The lowest BCUT2D eigenvalue weighted by Gasteiger charge is -2.21. The minimum atomic E-state index is -1.07.